The lowest BCUT2D eigenvalue weighted by Gasteiger charge is -2.12. The average molecular weight is 431 g/mol. The lowest BCUT2D eigenvalue weighted by molar-refractivity contribution is 0.102. The Bertz CT molecular complexity index is 1150. The van der Waals surface area contributed by atoms with Gasteiger partial charge in [0.25, 0.3) is 15.9 Å². The van der Waals surface area contributed by atoms with E-state index in [0.29, 0.717) is 33.3 Å². The number of benzene rings is 3. The number of rotatable bonds is 6. The molecule has 0 fully saturated rings. The summed E-state index contributed by atoms with van der Waals surface area (Å²) in [5.74, 6) is 0.233. The Kier molecular flexibility index (Phi) is 6.10. The molecule has 150 valence electrons. The van der Waals surface area contributed by atoms with E-state index in [9.17, 15) is 13.2 Å². The number of anilines is 2. The zero-order valence-corrected chi connectivity index (χ0v) is 17.3. The van der Waals surface area contributed by atoms with Crippen molar-refractivity contribution >= 4 is 38.9 Å². The van der Waals surface area contributed by atoms with Gasteiger partial charge in [-0.3, -0.25) is 9.52 Å². The number of amides is 1. The summed E-state index contributed by atoms with van der Waals surface area (Å²) in [5.41, 5.74) is 1.97. The van der Waals surface area contributed by atoms with Gasteiger partial charge in [-0.15, -0.1) is 0 Å². The van der Waals surface area contributed by atoms with Crippen LogP contribution in [0.3, 0.4) is 0 Å². The molecule has 0 aliphatic carbocycles. The first-order chi connectivity index (χ1) is 13.8. The van der Waals surface area contributed by atoms with E-state index < -0.39 is 10.0 Å². The third kappa shape index (κ3) is 5.07. The molecule has 0 aliphatic heterocycles. The van der Waals surface area contributed by atoms with Gasteiger partial charge in [-0.05, 0) is 67.1 Å². The van der Waals surface area contributed by atoms with E-state index in [-0.39, 0.29) is 10.8 Å². The van der Waals surface area contributed by atoms with Crippen molar-refractivity contribution in [2.75, 3.05) is 17.1 Å². The fraction of sp³-hybridized carbons (Fsp3) is 0.0952. The van der Waals surface area contributed by atoms with E-state index >= 15 is 0 Å². The molecule has 3 rings (SSSR count). The molecule has 0 radical (unpaired) electrons. The highest BCUT2D eigenvalue weighted by molar-refractivity contribution is 7.92. The molecular weight excluding hydrogens is 412 g/mol. The number of methoxy groups -OCH3 is 1. The van der Waals surface area contributed by atoms with Crippen LogP contribution in [0.2, 0.25) is 5.02 Å². The number of nitrogens with one attached hydrogen (secondary N) is 2. The van der Waals surface area contributed by atoms with Crippen LogP contribution >= 0.6 is 11.6 Å². The number of hydrogen-bond donors (Lipinski definition) is 2. The van der Waals surface area contributed by atoms with Gasteiger partial charge in [0.1, 0.15) is 5.75 Å². The second-order valence-corrected chi connectivity index (χ2v) is 8.39. The van der Waals surface area contributed by atoms with Crippen LogP contribution in [-0.4, -0.2) is 21.4 Å². The van der Waals surface area contributed by atoms with E-state index in [2.05, 4.69) is 10.0 Å². The molecule has 29 heavy (non-hydrogen) atoms. The third-order valence-electron chi connectivity index (χ3n) is 4.18. The van der Waals surface area contributed by atoms with Crippen LogP contribution in [0.4, 0.5) is 11.4 Å². The smallest absolute Gasteiger partial charge is 0.261 e. The Balaban J connectivity index is 1.79. The van der Waals surface area contributed by atoms with Crippen molar-refractivity contribution in [2.24, 2.45) is 0 Å². The lowest BCUT2D eigenvalue weighted by Crippen LogP contribution is -2.15. The van der Waals surface area contributed by atoms with Crippen molar-refractivity contribution in [1.82, 2.24) is 0 Å². The first-order valence-corrected chi connectivity index (χ1v) is 10.5. The summed E-state index contributed by atoms with van der Waals surface area (Å²) in [5, 5.41) is 3.31. The predicted molar refractivity (Wildman–Crippen MR) is 114 cm³/mol. The second-order valence-electron chi connectivity index (χ2n) is 6.28. The zero-order valence-electron chi connectivity index (χ0n) is 15.8. The zero-order chi connectivity index (χ0) is 21.0. The van der Waals surface area contributed by atoms with Crippen LogP contribution in [0.25, 0.3) is 0 Å². The molecule has 1 amide bonds. The molecule has 0 saturated carbocycles. The minimum Gasteiger partial charge on any atom is -0.497 e. The molecule has 0 saturated heterocycles. The number of halogens is 1. The molecule has 0 heterocycles. The summed E-state index contributed by atoms with van der Waals surface area (Å²) in [4.78, 5) is 12.4. The fourth-order valence-electron chi connectivity index (χ4n) is 2.64. The Morgan fingerprint density at radius 3 is 2.38 bits per heavy atom. The normalized spacial score (nSPS) is 11.0. The Morgan fingerprint density at radius 1 is 1.00 bits per heavy atom. The van der Waals surface area contributed by atoms with E-state index in [1.54, 1.807) is 61.5 Å². The molecule has 3 aromatic carbocycles. The first kappa shape index (κ1) is 20.7. The maximum Gasteiger partial charge on any atom is 0.261 e. The number of hydrogen-bond acceptors (Lipinski definition) is 4. The van der Waals surface area contributed by atoms with Crippen LogP contribution in [0.1, 0.15) is 15.9 Å². The summed E-state index contributed by atoms with van der Waals surface area (Å²) < 4.78 is 33.0. The number of sulfonamides is 1. The molecule has 0 atom stereocenters. The number of carbonyl (C=O) groups excluding carboxylic acids is 1. The lowest BCUT2D eigenvalue weighted by atomic mass is 10.1. The maximum atomic E-state index is 12.7. The Hall–Kier alpha value is -3.03. The molecule has 8 heteroatoms. The topological polar surface area (TPSA) is 84.5 Å². The SMILES string of the molecule is COc1cccc(NS(=O)(=O)c2ccc(NC(=O)c3ccc(Cl)cc3)c(C)c2)c1. The maximum absolute atomic E-state index is 12.7. The summed E-state index contributed by atoms with van der Waals surface area (Å²) in [6.07, 6.45) is 0. The predicted octanol–water partition coefficient (Wildman–Crippen LogP) is 4.71. The van der Waals surface area contributed by atoms with Gasteiger partial charge in [0.2, 0.25) is 0 Å². The monoisotopic (exact) mass is 430 g/mol. The van der Waals surface area contributed by atoms with Gasteiger partial charge in [-0.25, -0.2) is 8.42 Å². The molecule has 2 N–H and O–H groups in total. The molecule has 0 unspecified atom stereocenters. The van der Waals surface area contributed by atoms with Gasteiger partial charge in [-0.1, -0.05) is 17.7 Å². The van der Waals surface area contributed by atoms with Crippen molar-refractivity contribution in [3.05, 3.63) is 82.9 Å². The van der Waals surface area contributed by atoms with Crippen molar-refractivity contribution in [3.63, 3.8) is 0 Å². The number of aryl methyl sites for hydroxylation is 1. The van der Waals surface area contributed by atoms with Gasteiger partial charge >= 0.3 is 0 Å². The highest BCUT2D eigenvalue weighted by Crippen LogP contribution is 2.24. The van der Waals surface area contributed by atoms with Crippen molar-refractivity contribution in [3.8, 4) is 5.75 Å². The van der Waals surface area contributed by atoms with Crippen LogP contribution < -0.4 is 14.8 Å². The van der Waals surface area contributed by atoms with E-state index in [4.69, 9.17) is 16.3 Å². The van der Waals surface area contributed by atoms with E-state index in [1.807, 2.05) is 0 Å². The van der Waals surface area contributed by atoms with Crippen LogP contribution in [0.5, 0.6) is 5.75 Å². The summed E-state index contributed by atoms with van der Waals surface area (Å²) >= 11 is 5.84. The number of carbonyl (C=O) groups is 1. The van der Waals surface area contributed by atoms with Crippen LogP contribution in [0.15, 0.2) is 71.6 Å². The molecule has 6 nitrogen and oxygen atoms in total. The summed E-state index contributed by atoms with van der Waals surface area (Å²) in [7, 11) is -2.29. The van der Waals surface area contributed by atoms with Crippen LogP contribution in [-0.2, 0) is 10.0 Å². The molecule has 0 bridgehead atoms. The highest BCUT2D eigenvalue weighted by Gasteiger charge is 2.16. The van der Waals surface area contributed by atoms with Gasteiger partial charge in [0.15, 0.2) is 0 Å². The van der Waals surface area contributed by atoms with Crippen molar-refractivity contribution < 1.29 is 17.9 Å². The van der Waals surface area contributed by atoms with Crippen molar-refractivity contribution in [2.45, 2.75) is 11.8 Å². The minimum absolute atomic E-state index is 0.0855. The van der Waals surface area contributed by atoms with Gasteiger partial charge in [0, 0.05) is 22.3 Å². The number of ether oxygens (including phenoxy) is 1. The summed E-state index contributed by atoms with van der Waals surface area (Å²) in [6.45, 7) is 1.72. The molecule has 0 spiro atoms. The van der Waals surface area contributed by atoms with Gasteiger partial charge in [0.05, 0.1) is 17.7 Å². The second kappa shape index (κ2) is 8.55. The quantitative estimate of drug-likeness (QED) is 0.593. The molecule has 0 aromatic heterocycles. The Morgan fingerprint density at radius 2 is 1.72 bits per heavy atom. The first-order valence-electron chi connectivity index (χ1n) is 8.63. The van der Waals surface area contributed by atoms with Crippen LogP contribution in [0, 0.1) is 6.92 Å². The third-order valence-corrected chi connectivity index (χ3v) is 5.82. The fourth-order valence-corrected chi connectivity index (χ4v) is 3.90. The minimum atomic E-state index is -3.80. The largest absolute Gasteiger partial charge is 0.497 e. The molecule has 3 aromatic rings. The standard InChI is InChI=1S/C21H19ClN2O4S/c1-14-12-19(29(26,27)24-17-4-3-5-18(13-17)28-2)10-11-20(14)23-21(25)15-6-8-16(22)9-7-15/h3-13,24H,1-2H3,(H,23,25). The van der Waals surface area contributed by atoms with E-state index in [1.165, 1.54) is 19.2 Å². The molecule has 0 aliphatic rings. The molecular formula is C21H19ClN2O4S. The highest BCUT2D eigenvalue weighted by atomic mass is 35.5. The average Bonchev–Trinajstić information content (AvgIpc) is 2.69. The van der Waals surface area contributed by atoms with Gasteiger partial charge in [-0.2, -0.15) is 0 Å². The Labute approximate surface area is 174 Å². The summed E-state index contributed by atoms with van der Waals surface area (Å²) in [6, 6.07) is 17.6. The van der Waals surface area contributed by atoms with E-state index in [0.717, 1.165) is 0 Å². The van der Waals surface area contributed by atoms with Gasteiger partial charge < -0.3 is 10.1 Å². The van der Waals surface area contributed by atoms with Crippen molar-refractivity contribution in [1.29, 1.82) is 0 Å².